The Kier molecular flexibility index (Phi) is 4.06. The number of aromatic amines is 1. The van der Waals surface area contributed by atoms with Crippen molar-refractivity contribution in [1.82, 2.24) is 4.98 Å². The molecule has 1 fully saturated rings. The highest BCUT2D eigenvalue weighted by molar-refractivity contribution is 6.09. The molecule has 0 aliphatic heterocycles. The Morgan fingerprint density at radius 2 is 2.10 bits per heavy atom. The summed E-state index contributed by atoms with van der Waals surface area (Å²) in [7, 11) is 0. The van der Waals surface area contributed by atoms with E-state index >= 15 is 0 Å². The van der Waals surface area contributed by atoms with Crippen LogP contribution in [0.15, 0.2) is 24.4 Å². The van der Waals surface area contributed by atoms with E-state index in [0.29, 0.717) is 23.5 Å². The smallest absolute Gasteiger partial charge is 0.165 e. The summed E-state index contributed by atoms with van der Waals surface area (Å²) in [6, 6.07) is 7.71. The second-order valence-electron chi connectivity index (χ2n) is 6.01. The summed E-state index contributed by atoms with van der Waals surface area (Å²) in [6.07, 6.45) is 9.84. The average Bonchev–Trinajstić information content (AvgIpc) is 2.97. The molecule has 1 saturated carbocycles. The van der Waals surface area contributed by atoms with Gasteiger partial charge in [-0.15, -0.1) is 0 Å². The molecule has 21 heavy (non-hydrogen) atoms. The van der Waals surface area contributed by atoms with E-state index in [1.165, 1.54) is 32.1 Å². The molecule has 0 atom stereocenters. The number of nitrogens with one attached hydrogen (secondary N) is 1. The Morgan fingerprint density at radius 3 is 2.86 bits per heavy atom. The van der Waals surface area contributed by atoms with Gasteiger partial charge in [-0.2, -0.15) is 5.26 Å². The molecule has 0 saturated heterocycles. The first-order chi connectivity index (χ1) is 10.3. The van der Waals surface area contributed by atoms with Gasteiger partial charge in [-0.3, -0.25) is 4.79 Å². The number of carbonyl (C=O) groups excluding carboxylic acids is 1. The fourth-order valence-electron chi connectivity index (χ4n) is 3.44. The summed E-state index contributed by atoms with van der Waals surface area (Å²) >= 11 is 0. The number of aromatic nitrogens is 1. The molecular formula is C18H20N2O. The number of benzene rings is 1. The lowest BCUT2D eigenvalue weighted by Crippen LogP contribution is -2.09. The molecule has 1 aliphatic carbocycles. The number of fused-ring (bicyclic) bond motifs is 1. The van der Waals surface area contributed by atoms with Crippen molar-refractivity contribution in [1.29, 1.82) is 5.26 Å². The highest BCUT2D eigenvalue weighted by Gasteiger charge is 2.18. The molecule has 2 aromatic rings. The molecule has 108 valence electrons. The first kappa shape index (κ1) is 13.9. The first-order valence-corrected chi connectivity index (χ1v) is 7.83. The Bertz CT molecular complexity index is 687. The van der Waals surface area contributed by atoms with Crippen LogP contribution in [0.5, 0.6) is 0 Å². The summed E-state index contributed by atoms with van der Waals surface area (Å²) in [5.41, 5.74) is 2.13. The molecule has 0 unspecified atom stereocenters. The van der Waals surface area contributed by atoms with Crippen LogP contribution in [0.4, 0.5) is 0 Å². The van der Waals surface area contributed by atoms with E-state index in [0.717, 1.165) is 17.3 Å². The molecule has 0 amide bonds. The van der Waals surface area contributed by atoms with Crippen LogP contribution in [0.3, 0.4) is 0 Å². The molecular weight excluding hydrogens is 260 g/mol. The number of ketones is 1. The number of nitriles is 1. The van der Waals surface area contributed by atoms with Crippen LogP contribution in [0.2, 0.25) is 0 Å². The standard InChI is InChI=1S/C18H20N2O/c19-11-14-7-4-8-16-18(14)15(12-20-16)17(21)10-9-13-5-2-1-3-6-13/h4,7-8,12-13,20H,1-3,5-6,9-10H2. The molecule has 3 nitrogen and oxygen atoms in total. The molecule has 3 heteroatoms. The Labute approximate surface area is 125 Å². The van der Waals surface area contributed by atoms with Crippen molar-refractivity contribution in [2.45, 2.75) is 44.9 Å². The minimum Gasteiger partial charge on any atom is -0.360 e. The predicted molar refractivity (Wildman–Crippen MR) is 83.2 cm³/mol. The lowest BCUT2D eigenvalue weighted by molar-refractivity contribution is 0.0972. The fraction of sp³-hybridized carbons (Fsp3) is 0.444. The number of carbonyl (C=O) groups is 1. The van der Waals surface area contributed by atoms with Gasteiger partial charge in [-0.05, 0) is 24.5 Å². The highest BCUT2D eigenvalue weighted by atomic mass is 16.1. The van der Waals surface area contributed by atoms with Gasteiger partial charge in [-0.1, -0.05) is 38.2 Å². The fourth-order valence-corrected chi connectivity index (χ4v) is 3.44. The number of H-pyrrole nitrogens is 1. The lowest BCUT2D eigenvalue weighted by atomic mass is 9.85. The zero-order valence-electron chi connectivity index (χ0n) is 12.2. The van der Waals surface area contributed by atoms with Crippen molar-refractivity contribution in [2.75, 3.05) is 0 Å². The highest BCUT2D eigenvalue weighted by Crippen LogP contribution is 2.29. The first-order valence-electron chi connectivity index (χ1n) is 7.83. The van der Waals surface area contributed by atoms with E-state index < -0.39 is 0 Å². The van der Waals surface area contributed by atoms with Crippen LogP contribution in [0.1, 0.15) is 60.9 Å². The number of hydrogen-bond donors (Lipinski definition) is 1. The molecule has 0 spiro atoms. The van der Waals surface area contributed by atoms with Crippen molar-refractivity contribution in [3.05, 3.63) is 35.5 Å². The molecule has 1 aromatic heterocycles. The van der Waals surface area contributed by atoms with Gasteiger partial charge < -0.3 is 4.98 Å². The third-order valence-electron chi connectivity index (χ3n) is 4.63. The minimum absolute atomic E-state index is 0.162. The van der Waals surface area contributed by atoms with Crippen LogP contribution >= 0.6 is 0 Å². The van der Waals surface area contributed by atoms with Crippen molar-refractivity contribution in [3.63, 3.8) is 0 Å². The van der Waals surface area contributed by atoms with Crippen LogP contribution in [-0.2, 0) is 0 Å². The van der Waals surface area contributed by atoms with Gasteiger partial charge in [0, 0.05) is 29.1 Å². The third-order valence-corrected chi connectivity index (χ3v) is 4.63. The van der Waals surface area contributed by atoms with Gasteiger partial charge in [0.2, 0.25) is 0 Å². The third kappa shape index (κ3) is 2.85. The Balaban J connectivity index is 1.77. The van der Waals surface area contributed by atoms with E-state index in [1.54, 1.807) is 12.3 Å². The van der Waals surface area contributed by atoms with Crippen molar-refractivity contribution >= 4 is 16.7 Å². The van der Waals surface area contributed by atoms with Gasteiger partial charge in [0.05, 0.1) is 11.6 Å². The Hall–Kier alpha value is -2.08. The maximum absolute atomic E-state index is 12.5. The molecule has 1 heterocycles. The monoisotopic (exact) mass is 280 g/mol. The zero-order chi connectivity index (χ0) is 14.7. The molecule has 1 aliphatic rings. The van der Waals surface area contributed by atoms with Crippen molar-refractivity contribution in [2.24, 2.45) is 5.92 Å². The van der Waals surface area contributed by atoms with Gasteiger partial charge in [0.25, 0.3) is 0 Å². The van der Waals surface area contributed by atoms with Crippen LogP contribution < -0.4 is 0 Å². The summed E-state index contributed by atoms with van der Waals surface area (Å²) < 4.78 is 0. The summed E-state index contributed by atoms with van der Waals surface area (Å²) in [6.45, 7) is 0. The summed E-state index contributed by atoms with van der Waals surface area (Å²) in [5.74, 6) is 0.873. The van der Waals surface area contributed by atoms with E-state index in [2.05, 4.69) is 11.1 Å². The normalized spacial score (nSPS) is 16.0. The topological polar surface area (TPSA) is 56.6 Å². The quantitative estimate of drug-likeness (QED) is 0.833. The van der Waals surface area contributed by atoms with E-state index in [9.17, 15) is 10.1 Å². The lowest BCUT2D eigenvalue weighted by Gasteiger charge is -2.20. The number of Topliss-reactive ketones (excluding diaryl/α,β-unsaturated/α-hetero) is 1. The average molecular weight is 280 g/mol. The predicted octanol–water partition coefficient (Wildman–Crippen LogP) is 4.58. The van der Waals surface area contributed by atoms with Crippen molar-refractivity contribution < 1.29 is 4.79 Å². The molecule has 1 N–H and O–H groups in total. The second-order valence-corrected chi connectivity index (χ2v) is 6.01. The maximum Gasteiger partial charge on any atom is 0.165 e. The van der Waals surface area contributed by atoms with E-state index in [4.69, 9.17) is 0 Å². The van der Waals surface area contributed by atoms with Gasteiger partial charge in [-0.25, -0.2) is 0 Å². The van der Waals surface area contributed by atoms with Gasteiger partial charge in [0.15, 0.2) is 5.78 Å². The SMILES string of the molecule is N#Cc1cccc2[nH]cc(C(=O)CCC3CCCCC3)c12. The van der Waals surface area contributed by atoms with Crippen LogP contribution in [-0.4, -0.2) is 10.8 Å². The second kappa shape index (κ2) is 6.13. The Morgan fingerprint density at radius 1 is 1.29 bits per heavy atom. The summed E-state index contributed by atoms with van der Waals surface area (Å²) in [4.78, 5) is 15.6. The van der Waals surface area contributed by atoms with Crippen LogP contribution in [0.25, 0.3) is 10.9 Å². The molecule has 3 rings (SSSR count). The number of nitrogens with zero attached hydrogens (tertiary/aromatic N) is 1. The molecule has 0 radical (unpaired) electrons. The zero-order valence-corrected chi connectivity index (χ0v) is 12.2. The van der Waals surface area contributed by atoms with E-state index in [-0.39, 0.29) is 5.78 Å². The van der Waals surface area contributed by atoms with Crippen LogP contribution in [0, 0.1) is 17.2 Å². The summed E-state index contributed by atoms with van der Waals surface area (Å²) in [5, 5.41) is 10.0. The van der Waals surface area contributed by atoms with Crippen molar-refractivity contribution in [3.8, 4) is 6.07 Å². The number of rotatable bonds is 4. The van der Waals surface area contributed by atoms with E-state index in [1.807, 2.05) is 12.1 Å². The largest absolute Gasteiger partial charge is 0.360 e. The number of hydrogen-bond acceptors (Lipinski definition) is 2. The van der Waals surface area contributed by atoms with Gasteiger partial charge >= 0.3 is 0 Å². The molecule has 0 bridgehead atoms. The minimum atomic E-state index is 0.162. The molecule has 1 aromatic carbocycles. The maximum atomic E-state index is 12.5. The van der Waals surface area contributed by atoms with Gasteiger partial charge in [0.1, 0.15) is 0 Å².